The Morgan fingerprint density at radius 1 is 1.42 bits per heavy atom. The molecule has 0 spiro atoms. The van der Waals surface area contributed by atoms with Crippen molar-refractivity contribution >= 4 is 23.4 Å². The van der Waals surface area contributed by atoms with Crippen LogP contribution < -0.4 is 5.32 Å². The third kappa shape index (κ3) is 1.71. The van der Waals surface area contributed by atoms with E-state index in [-0.39, 0.29) is 11.7 Å². The van der Waals surface area contributed by atoms with Gasteiger partial charge in [-0.2, -0.15) is 0 Å². The maximum absolute atomic E-state index is 12.0. The van der Waals surface area contributed by atoms with E-state index >= 15 is 0 Å². The number of fused-ring (bicyclic) bond motifs is 1. The Hall–Kier alpha value is -2.56. The number of nitrogens with zero attached hydrogens (tertiary/aromatic N) is 1. The predicted octanol–water partition coefficient (Wildman–Crippen LogP) is 2.49. The van der Waals surface area contributed by atoms with Crippen LogP contribution in [-0.2, 0) is 4.79 Å². The van der Waals surface area contributed by atoms with E-state index in [0.29, 0.717) is 34.0 Å². The molecule has 5 nitrogen and oxygen atoms in total. The minimum Gasteiger partial charge on any atom is -0.506 e. The number of furan rings is 1. The molecule has 3 rings (SSSR count). The standard InChI is InChI=1S/C14H12N2O3/c1-7-11-10(6-9-4-3-5-19-9)14(18)16-13(11)15-8(2)12(7)17/h3-6,17H,1-2H3,(H,15,16,18). The summed E-state index contributed by atoms with van der Waals surface area (Å²) in [5, 5.41) is 12.6. The lowest BCUT2D eigenvalue weighted by molar-refractivity contribution is -0.110. The summed E-state index contributed by atoms with van der Waals surface area (Å²) in [5.41, 5.74) is 2.21. The predicted molar refractivity (Wildman–Crippen MR) is 70.6 cm³/mol. The fourth-order valence-electron chi connectivity index (χ4n) is 2.21. The van der Waals surface area contributed by atoms with Gasteiger partial charge in [-0.25, -0.2) is 4.98 Å². The normalized spacial score (nSPS) is 15.7. The number of anilines is 1. The lowest BCUT2D eigenvalue weighted by Crippen LogP contribution is -2.04. The molecule has 96 valence electrons. The van der Waals surface area contributed by atoms with Crippen LogP contribution in [0.5, 0.6) is 5.75 Å². The summed E-state index contributed by atoms with van der Waals surface area (Å²) in [6, 6.07) is 3.51. The molecule has 2 aromatic heterocycles. The molecule has 2 N–H and O–H groups in total. The van der Waals surface area contributed by atoms with Crippen molar-refractivity contribution in [3.63, 3.8) is 0 Å². The van der Waals surface area contributed by atoms with E-state index in [9.17, 15) is 9.90 Å². The van der Waals surface area contributed by atoms with Gasteiger partial charge in [-0.1, -0.05) is 0 Å². The quantitative estimate of drug-likeness (QED) is 0.768. The molecule has 1 amide bonds. The third-order valence-electron chi connectivity index (χ3n) is 3.16. The first-order valence-corrected chi connectivity index (χ1v) is 5.85. The molecule has 0 saturated carbocycles. The molecule has 0 fully saturated rings. The lowest BCUT2D eigenvalue weighted by atomic mass is 10.0. The number of hydrogen-bond acceptors (Lipinski definition) is 4. The van der Waals surface area contributed by atoms with Crippen LogP contribution in [0, 0.1) is 13.8 Å². The van der Waals surface area contributed by atoms with Crippen molar-refractivity contribution in [1.82, 2.24) is 4.98 Å². The molecule has 2 aromatic rings. The summed E-state index contributed by atoms with van der Waals surface area (Å²) in [4.78, 5) is 16.2. The van der Waals surface area contributed by atoms with Crippen molar-refractivity contribution in [2.75, 3.05) is 5.32 Å². The van der Waals surface area contributed by atoms with Gasteiger partial charge in [0.15, 0.2) is 0 Å². The Morgan fingerprint density at radius 2 is 2.21 bits per heavy atom. The van der Waals surface area contributed by atoms with E-state index < -0.39 is 0 Å². The fourth-order valence-corrected chi connectivity index (χ4v) is 2.21. The Kier molecular flexibility index (Phi) is 2.41. The summed E-state index contributed by atoms with van der Waals surface area (Å²) < 4.78 is 5.21. The van der Waals surface area contributed by atoms with Crippen molar-refractivity contribution in [1.29, 1.82) is 0 Å². The topological polar surface area (TPSA) is 75.4 Å². The minimum absolute atomic E-state index is 0.112. The van der Waals surface area contributed by atoms with Crippen molar-refractivity contribution in [2.24, 2.45) is 0 Å². The van der Waals surface area contributed by atoms with Gasteiger partial charge in [0.2, 0.25) is 0 Å². The fraction of sp³-hybridized carbons (Fsp3) is 0.143. The smallest absolute Gasteiger partial charge is 0.257 e. The molecular formula is C14H12N2O3. The number of hydrogen-bond donors (Lipinski definition) is 2. The van der Waals surface area contributed by atoms with Crippen LogP contribution in [-0.4, -0.2) is 16.0 Å². The zero-order valence-corrected chi connectivity index (χ0v) is 10.5. The lowest BCUT2D eigenvalue weighted by Gasteiger charge is -2.07. The Bertz CT molecular complexity index is 700. The van der Waals surface area contributed by atoms with Crippen LogP contribution in [0.1, 0.15) is 22.6 Å². The second kappa shape index (κ2) is 3.98. The summed E-state index contributed by atoms with van der Waals surface area (Å²) in [7, 11) is 0. The Balaban J connectivity index is 2.22. The summed E-state index contributed by atoms with van der Waals surface area (Å²) in [6.45, 7) is 3.46. The van der Waals surface area contributed by atoms with E-state index in [1.165, 1.54) is 6.26 Å². The molecule has 5 heteroatoms. The molecule has 0 bridgehead atoms. The molecule has 0 saturated heterocycles. The minimum atomic E-state index is -0.244. The maximum atomic E-state index is 12.0. The van der Waals surface area contributed by atoms with Crippen LogP contribution in [0.15, 0.2) is 22.8 Å². The van der Waals surface area contributed by atoms with Gasteiger partial charge in [0.05, 0.1) is 17.5 Å². The molecule has 0 radical (unpaired) electrons. The second-order valence-corrected chi connectivity index (χ2v) is 4.42. The van der Waals surface area contributed by atoms with E-state index in [1.807, 2.05) is 0 Å². The van der Waals surface area contributed by atoms with Crippen molar-refractivity contribution in [3.8, 4) is 5.75 Å². The van der Waals surface area contributed by atoms with Crippen LogP contribution >= 0.6 is 0 Å². The van der Waals surface area contributed by atoms with Gasteiger partial charge in [-0.3, -0.25) is 4.79 Å². The molecule has 1 aliphatic heterocycles. The number of carbonyl (C=O) groups is 1. The van der Waals surface area contributed by atoms with Gasteiger partial charge in [-0.15, -0.1) is 0 Å². The summed E-state index contributed by atoms with van der Waals surface area (Å²) >= 11 is 0. The van der Waals surface area contributed by atoms with Crippen molar-refractivity contribution in [3.05, 3.63) is 41.0 Å². The van der Waals surface area contributed by atoms with Crippen molar-refractivity contribution in [2.45, 2.75) is 13.8 Å². The van der Waals surface area contributed by atoms with Gasteiger partial charge >= 0.3 is 0 Å². The number of rotatable bonds is 1. The monoisotopic (exact) mass is 256 g/mol. The van der Waals surface area contributed by atoms with Crippen molar-refractivity contribution < 1.29 is 14.3 Å². The maximum Gasteiger partial charge on any atom is 0.257 e. The van der Waals surface area contributed by atoms with Gasteiger partial charge in [0.1, 0.15) is 17.3 Å². The first kappa shape index (κ1) is 11.5. The number of nitrogens with one attached hydrogen (secondary N) is 1. The molecule has 0 unspecified atom stereocenters. The summed E-state index contributed by atoms with van der Waals surface area (Å²) in [6.07, 6.45) is 3.18. The van der Waals surface area contributed by atoms with E-state index in [2.05, 4.69) is 10.3 Å². The van der Waals surface area contributed by atoms with Gasteiger partial charge < -0.3 is 14.8 Å². The first-order valence-electron chi connectivity index (χ1n) is 5.85. The van der Waals surface area contributed by atoms with E-state index in [1.54, 1.807) is 32.1 Å². The number of pyridine rings is 1. The van der Waals surface area contributed by atoms with Gasteiger partial charge in [0.25, 0.3) is 5.91 Å². The molecule has 1 aliphatic rings. The zero-order chi connectivity index (χ0) is 13.6. The number of aromatic nitrogens is 1. The number of amides is 1. The molecule has 0 atom stereocenters. The molecule has 0 aromatic carbocycles. The zero-order valence-electron chi connectivity index (χ0n) is 10.5. The van der Waals surface area contributed by atoms with E-state index in [0.717, 1.165) is 0 Å². The summed E-state index contributed by atoms with van der Waals surface area (Å²) in [5.74, 6) is 0.931. The SMILES string of the molecule is Cc1nc2c(c(C)c1O)C(=Cc1ccco1)C(=O)N2. The average Bonchev–Trinajstić information content (AvgIpc) is 2.97. The number of carbonyl (C=O) groups excluding carboxylic acids is 1. The second-order valence-electron chi connectivity index (χ2n) is 4.42. The van der Waals surface area contributed by atoms with Gasteiger partial charge in [-0.05, 0) is 32.1 Å². The highest BCUT2D eigenvalue weighted by Crippen LogP contribution is 2.38. The highest BCUT2D eigenvalue weighted by molar-refractivity contribution is 6.34. The number of aryl methyl sites for hydroxylation is 1. The van der Waals surface area contributed by atoms with Crippen LogP contribution in [0.25, 0.3) is 11.6 Å². The largest absolute Gasteiger partial charge is 0.506 e. The van der Waals surface area contributed by atoms with E-state index in [4.69, 9.17) is 4.42 Å². The highest BCUT2D eigenvalue weighted by atomic mass is 16.3. The molecule has 19 heavy (non-hydrogen) atoms. The molecule has 0 aliphatic carbocycles. The van der Waals surface area contributed by atoms with Crippen LogP contribution in [0.4, 0.5) is 5.82 Å². The number of aromatic hydroxyl groups is 1. The Labute approximate surface area is 109 Å². The highest BCUT2D eigenvalue weighted by Gasteiger charge is 2.29. The van der Waals surface area contributed by atoms with Crippen LogP contribution in [0.2, 0.25) is 0 Å². The first-order chi connectivity index (χ1) is 9.08. The van der Waals surface area contributed by atoms with Gasteiger partial charge in [0, 0.05) is 11.1 Å². The third-order valence-corrected chi connectivity index (χ3v) is 3.16. The average molecular weight is 256 g/mol. The molecule has 3 heterocycles. The molecular weight excluding hydrogens is 244 g/mol. The Morgan fingerprint density at radius 3 is 2.89 bits per heavy atom. The van der Waals surface area contributed by atoms with Crippen LogP contribution in [0.3, 0.4) is 0 Å².